The number of carbonyl (C=O) groups excluding carboxylic acids is 1. The van der Waals surface area contributed by atoms with Crippen molar-refractivity contribution in [3.63, 3.8) is 0 Å². The van der Waals surface area contributed by atoms with Gasteiger partial charge in [-0.05, 0) is 66.1 Å². The minimum absolute atomic E-state index is 0.0433. The average Bonchev–Trinajstić information content (AvgIpc) is 3.85. The summed E-state index contributed by atoms with van der Waals surface area (Å²) in [6.45, 7) is 2.33. The van der Waals surface area contributed by atoms with Gasteiger partial charge in [0.05, 0.1) is 17.2 Å². The molecule has 57 heavy (non-hydrogen) atoms. The normalized spacial score (nSPS) is 17.0. The summed E-state index contributed by atoms with van der Waals surface area (Å²) in [5, 5.41) is 38.7. The van der Waals surface area contributed by atoms with Crippen molar-refractivity contribution in [1.29, 1.82) is 5.26 Å². The van der Waals surface area contributed by atoms with E-state index in [1.54, 1.807) is 24.4 Å². The Balaban J connectivity index is 1.08. The summed E-state index contributed by atoms with van der Waals surface area (Å²) in [5.74, 6) is -0.535. The zero-order chi connectivity index (χ0) is 39.9. The van der Waals surface area contributed by atoms with E-state index in [-0.39, 0.29) is 37.1 Å². The fourth-order valence-corrected chi connectivity index (χ4v) is 7.51. The summed E-state index contributed by atoms with van der Waals surface area (Å²) in [6.07, 6.45) is 5.71. The number of carboxylic acid groups (broad SMARTS) is 1. The molecule has 1 saturated heterocycles. The van der Waals surface area contributed by atoms with Crippen molar-refractivity contribution in [3.05, 3.63) is 130 Å². The number of fused-ring (bicyclic) bond motifs is 1. The van der Waals surface area contributed by atoms with Gasteiger partial charge in [-0.1, -0.05) is 72.3 Å². The number of benzene rings is 3. The smallest absolute Gasteiger partial charge is 0.326 e. The van der Waals surface area contributed by atoms with Crippen LogP contribution >= 0.6 is 11.6 Å². The number of nitrogens with one attached hydrogen (secondary N) is 3. The largest absolute Gasteiger partial charge is 0.480 e. The zero-order valence-electron chi connectivity index (χ0n) is 31.4. The molecule has 13 heteroatoms. The number of aliphatic hydroxyl groups is 1. The van der Waals surface area contributed by atoms with Gasteiger partial charge in [-0.3, -0.25) is 19.9 Å². The molecule has 7 rings (SSSR count). The molecule has 5 aromatic rings. The minimum atomic E-state index is -1.58. The summed E-state index contributed by atoms with van der Waals surface area (Å²) in [6, 6.07) is 28.0. The molecule has 0 radical (unpaired) electrons. The van der Waals surface area contributed by atoms with Gasteiger partial charge in [0.15, 0.2) is 0 Å². The van der Waals surface area contributed by atoms with E-state index in [1.807, 2.05) is 24.3 Å². The number of aromatic nitrogens is 2. The first-order valence-electron chi connectivity index (χ1n) is 18.9. The van der Waals surface area contributed by atoms with E-state index in [0.29, 0.717) is 47.0 Å². The minimum Gasteiger partial charge on any atom is -0.480 e. The zero-order valence-corrected chi connectivity index (χ0v) is 32.2. The standard InChI is InChI=1S/C44H43ClN6O6/c1-44(26-52,43(54)55)49-23-31-12-17-40(51-42(31)56-25-29-18-28(19-46)21-47-22-29)57-38-15-14-35-34(5-3-6-36(35)38)37-7-2-4-33(41(37)45)30-10-8-27(9-11-30)20-48-24-32-13-16-39(53)50-32/h2-12,17-18,21-22,32,38,48-49,52H,13-16,20,23-26H2,1H3,(H,50,53)(H,54,55)/t32-,38-,44?/m0/s1. The van der Waals surface area contributed by atoms with Crippen molar-refractivity contribution in [1.82, 2.24) is 25.9 Å². The van der Waals surface area contributed by atoms with Crippen molar-refractivity contribution in [2.24, 2.45) is 0 Å². The molecule has 1 unspecified atom stereocenters. The van der Waals surface area contributed by atoms with Crippen molar-refractivity contribution < 1.29 is 29.3 Å². The lowest BCUT2D eigenvalue weighted by Crippen LogP contribution is -2.52. The number of ether oxygens (including phenoxy) is 2. The molecule has 1 aliphatic heterocycles. The van der Waals surface area contributed by atoms with Gasteiger partial charge in [0.2, 0.25) is 17.7 Å². The van der Waals surface area contributed by atoms with Crippen LogP contribution in [0.15, 0.2) is 91.3 Å². The number of aliphatic hydroxyl groups excluding tert-OH is 1. The maximum absolute atomic E-state index is 11.8. The van der Waals surface area contributed by atoms with E-state index in [4.69, 9.17) is 26.1 Å². The maximum Gasteiger partial charge on any atom is 0.326 e. The monoisotopic (exact) mass is 786 g/mol. The third-order valence-corrected chi connectivity index (χ3v) is 10.9. The van der Waals surface area contributed by atoms with Crippen LogP contribution in [-0.4, -0.2) is 56.8 Å². The van der Waals surface area contributed by atoms with E-state index in [0.717, 1.165) is 58.3 Å². The van der Waals surface area contributed by atoms with Crippen LogP contribution in [0.5, 0.6) is 11.8 Å². The second kappa shape index (κ2) is 17.5. The Morgan fingerprint density at radius 2 is 1.79 bits per heavy atom. The van der Waals surface area contributed by atoms with Crippen LogP contribution in [-0.2, 0) is 35.7 Å². The number of hydrogen-bond donors (Lipinski definition) is 5. The van der Waals surface area contributed by atoms with Crippen LogP contribution in [0.25, 0.3) is 22.3 Å². The molecule has 3 atom stereocenters. The highest BCUT2D eigenvalue weighted by Crippen LogP contribution is 2.44. The van der Waals surface area contributed by atoms with Crippen LogP contribution in [0.4, 0.5) is 0 Å². The predicted molar refractivity (Wildman–Crippen MR) is 214 cm³/mol. The molecule has 0 saturated carbocycles. The van der Waals surface area contributed by atoms with Gasteiger partial charge in [-0.25, -0.2) is 0 Å². The van der Waals surface area contributed by atoms with Crippen LogP contribution in [0.2, 0.25) is 5.02 Å². The van der Waals surface area contributed by atoms with Crippen LogP contribution < -0.4 is 25.4 Å². The quantitative estimate of drug-likeness (QED) is 0.0761. The maximum atomic E-state index is 11.8. The molecule has 2 aromatic heterocycles. The lowest BCUT2D eigenvalue weighted by molar-refractivity contribution is -0.146. The summed E-state index contributed by atoms with van der Waals surface area (Å²) in [5.41, 5.74) is 7.30. The number of halogens is 1. The van der Waals surface area contributed by atoms with Gasteiger partial charge in [0.1, 0.15) is 24.3 Å². The van der Waals surface area contributed by atoms with Crippen molar-refractivity contribution in [2.45, 2.75) is 70.0 Å². The van der Waals surface area contributed by atoms with E-state index in [2.05, 4.69) is 63.4 Å². The highest BCUT2D eigenvalue weighted by molar-refractivity contribution is 6.36. The third-order valence-electron chi connectivity index (χ3n) is 10.5. The van der Waals surface area contributed by atoms with Gasteiger partial charge in [-0.2, -0.15) is 10.2 Å². The van der Waals surface area contributed by atoms with Crippen LogP contribution in [0.3, 0.4) is 0 Å². The second-order valence-corrected chi connectivity index (χ2v) is 14.9. The Bertz CT molecular complexity index is 2310. The topological polar surface area (TPSA) is 179 Å². The van der Waals surface area contributed by atoms with Crippen molar-refractivity contribution in [2.75, 3.05) is 13.2 Å². The number of nitriles is 1. The summed E-state index contributed by atoms with van der Waals surface area (Å²) >= 11 is 7.18. The molecule has 12 nitrogen and oxygen atoms in total. The Hall–Kier alpha value is -5.84. The lowest BCUT2D eigenvalue weighted by Gasteiger charge is -2.24. The molecule has 1 amide bonds. The first kappa shape index (κ1) is 39.4. The van der Waals surface area contributed by atoms with Gasteiger partial charge >= 0.3 is 5.97 Å². The first-order chi connectivity index (χ1) is 27.6. The number of pyridine rings is 2. The van der Waals surface area contributed by atoms with E-state index in [1.165, 1.54) is 13.1 Å². The van der Waals surface area contributed by atoms with Gasteiger partial charge < -0.3 is 30.3 Å². The number of nitrogens with zero attached hydrogens (tertiary/aromatic N) is 3. The first-order valence-corrected chi connectivity index (χ1v) is 19.2. The highest BCUT2D eigenvalue weighted by atomic mass is 35.5. The molecule has 2 aliphatic rings. The van der Waals surface area contributed by atoms with Gasteiger partial charge in [0.25, 0.3) is 0 Å². The Morgan fingerprint density at radius 3 is 2.54 bits per heavy atom. The Kier molecular flexibility index (Phi) is 12.1. The molecule has 1 fully saturated rings. The average molecular weight is 787 g/mol. The Morgan fingerprint density at radius 1 is 1.00 bits per heavy atom. The van der Waals surface area contributed by atoms with Crippen molar-refractivity contribution >= 4 is 23.5 Å². The van der Waals surface area contributed by atoms with Crippen LogP contribution in [0, 0.1) is 11.3 Å². The summed E-state index contributed by atoms with van der Waals surface area (Å²) in [7, 11) is 0. The van der Waals surface area contributed by atoms with Gasteiger partial charge in [0, 0.05) is 72.8 Å². The number of aliphatic carboxylic acids is 1. The summed E-state index contributed by atoms with van der Waals surface area (Å²) < 4.78 is 12.6. The lowest BCUT2D eigenvalue weighted by atomic mass is 9.93. The molecule has 3 aromatic carbocycles. The number of carboxylic acids is 1. The number of carbonyl (C=O) groups is 2. The molecular weight excluding hydrogens is 744 g/mol. The molecular formula is C44H43ClN6O6. The number of rotatable bonds is 16. The fraction of sp³-hybridized carbons (Fsp3) is 0.295. The highest BCUT2D eigenvalue weighted by Gasteiger charge is 2.32. The molecule has 0 bridgehead atoms. The van der Waals surface area contributed by atoms with E-state index in [9.17, 15) is 25.1 Å². The molecule has 3 heterocycles. The molecule has 292 valence electrons. The fourth-order valence-electron chi connectivity index (χ4n) is 7.17. The Labute approximate surface area is 335 Å². The molecule has 0 spiro atoms. The van der Waals surface area contributed by atoms with Gasteiger partial charge in [-0.15, -0.1) is 0 Å². The summed E-state index contributed by atoms with van der Waals surface area (Å²) in [4.78, 5) is 32.1. The number of amides is 1. The molecule has 1 aliphatic carbocycles. The van der Waals surface area contributed by atoms with Crippen molar-refractivity contribution in [3.8, 4) is 40.1 Å². The second-order valence-electron chi connectivity index (χ2n) is 14.6. The molecule has 5 N–H and O–H groups in total. The SMILES string of the molecule is CC(CO)(NCc1ccc(O[C@H]2CCc3c(-c4cccc(-c5ccc(CNC[C@@H]6CCC(=O)N6)cc5)c4Cl)cccc32)nc1OCc1cncc(C#N)c1)C(=O)O. The predicted octanol–water partition coefficient (Wildman–Crippen LogP) is 6.27. The van der Waals surface area contributed by atoms with E-state index >= 15 is 0 Å². The third kappa shape index (κ3) is 9.09. The number of hydrogen-bond acceptors (Lipinski definition) is 10. The van der Waals surface area contributed by atoms with E-state index < -0.39 is 18.1 Å². The van der Waals surface area contributed by atoms with Crippen LogP contribution in [0.1, 0.15) is 65.7 Å².